The second-order valence-electron chi connectivity index (χ2n) is 6.00. The predicted octanol–water partition coefficient (Wildman–Crippen LogP) is 4.02. The molecular formula is C20H22N4O. The molecular weight excluding hydrogens is 312 g/mol. The Morgan fingerprint density at radius 2 is 1.72 bits per heavy atom. The highest BCUT2D eigenvalue weighted by Crippen LogP contribution is 2.10. The highest BCUT2D eigenvalue weighted by atomic mass is 16.2. The van der Waals surface area contributed by atoms with E-state index < -0.39 is 0 Å². The Morgan fingerprint density at radius 3 is 2.44 bits per heavy atom. The van der Waals surface area contributed by atoms with E-state index in [-0.39, 0.29) is 12.1 Å². The maximum atomic E-state index is 12.1. The topological polar surface area (TPSA) is 59.0 Å². The fourth-order valence-corrected chi connectivity index (χ4v) is 2.59. The Labute approximate surface area is 147 Å². The first-order valence-electron chi connectivity index (χ1n) is 8.43. The Hall–Kier alpha value is -3.08. The fourth-order valence-electron chi connectivity index (χ4n) is 2.59. The first kappa shape index (κ1) is 16.8. The number of amides is 2. The Morgan fingerprint density at radius 1 is 1.04 bits per heavy atom. The average Bonchev–Trinajstić information content (AvgIpc) is 3.10. The van der Waals surface area contributed by atoms with E-state index in [1.165, 1.54) is 5.56 Å². The lowest BCUT2D eigenvalue weighted by atomic mass is 10.1. The molecule has 1 unspecified atom stereocenters. The molecule has 0 aliphatic heterocycles. The van der Waals surface area contributed by atoms with Crippen LogP contribution in [0, 0.1) is 0 Å². The number of urea groups is 1. The summed E-state index contributed by atoms with van der Waals surface area (Å²) in [5.41, 5.74) is 2.23. The second kappa shape index (κ2) is 8.15. The van der Waals surface area contributed by atoms with Crippen LogP contribution in [0.25, 0.3) is 5.69 Å². The van der Waals surface area contributed by atoms with Gasteiger partial charge in [-0.25, -0.2) is 9.48 Å². The van der Waals surface area contributed by atoms with Gasteiger partial charge in [0.15, 0.2) is 5.82 Å². The summed E-state index contributed by atoms with van der Waals surface area (Å²) in [6.07, 6.45) is 3.64. The maximum Gasteiger partial charge on any atom is 0.320 e. The van der Waals surface area contributed by atoms with Crippen molar-refractivity contribution in [1.82, 2.24) is 15.1 Å². The Kier molecular flexibility index (Phi) is 5.46. The van der Waals surface area contributed by atoms with E-state index >= 15 is 0 Å². The van der Waals surface area contributed by atoms with Crippen LogP contribution in [0.3, 0.4) is 0 Å². The molecule has 5 nitrogen and oxygen atoms in total. The average molecular weight is 334 g/mol. The summed E-state index contributed by atoms with van der Waals surface area (Å²) in [4.78, 5) is 12.1. The molecule has 0 aliphatic rings. The lowest BCUT2D eigenvalue weighted by Crippen LogP contribution is -2.36. The van der Waals surface area contributed by atoms with Gasteiger partial charge in [-0.2, -0.15) is 0 Å². The normalized spacial score (nSPS) is 11.7. The van der Waals surface area contributed by atoms with E-state index in [1.807, 2.05) is 61.7 Å². The number of aryl methyl sites for hydroxylation is 1. The number of nitrogens with one attached hydrogen (secondary N) is 2. The largest absolute Gasteiger partial charge is 0.335 e. The molecule has 0 saturated carbocycles. The molecule has 0 bridgehead atoms. The highest BCUT2D eigenvalue weighted by Gasteiger charge is 2.09. The third kappa shape index (κ3) is 4.94. The lowest BCUT2D eigenvalue weighted by Gasteiger charge is -2.14. The van der Waals surface area contributed by atoms with Crippen LogP contribution in [0.15, 0.2) is 72.9 Å². The molecule has 25 heavy (non-hydrogen) atoms. The minimum absolute atomic E-state index is 0.0800. The van der Waals surface area contributed by atoms with Gasteiger partial charge in [-0.15, -0.1) is 5.10 Å². The van der Waals surface area contributed by atoms with Crippen LogP contribution in [0.5, 0.6) is 0 Å². The summed E-state index contributed by atoms with van der Waals surface area (Å²) in [6.45, 7) is 2.01. The predicted molar refractivity (Wildman–Crippen MR) is 99.9 cm³/mol. The summed E-state index contributed by atoms with van der Waals surface area (Å²) in [7, 11) is 0. The van der Waals surface area contributed by atoms with Crippen molar-refractivity contribution in [3.05, 3.63) is 78.5 Å². The molecule has 2 N–H and O–H groups in total. The molecule has 0 saturated heterocycles. The standard InChI is InChI=1S/C20H22N4O/c1-16(12-13-17-8-4-2-5-9-17)21-20(25)22-19-14-15-24(23-19)18-10-6-3-7-11-18/h2-11,14-16H,12-13H2,1H3,(H2,21,22,23,25). The molecule has 0 aliphatic carbocycles. The zero-order chi connectivity index (χ0) is 17.5. The van der Waals surface area contributed by atoms with Crippen molar-refractivity contribution >= 4 is 11.8 Å². The van der Waals surface area contributed by atoms with Crippen LogP contribution in [0.2, 0.25) is 0 Å². The smallest absolute Gasteiger partial charge is 0.320 e. The van der Waals surface area contributed by atoms with Crippen LogP contribution in [-0.4, -0.2) is 21.9 Å². The SMILES string of the molecule is CC(CCc1ccccc1)NC(=O)Nc1ccn(-c2ccccc2)n1. The molecule has 0 spiro atoms. The zero-order valence-electron chi connectivity index (χ0n) is 14.2. The van der Waals surface area contributed by atoms with Crippen molar-refractivity contribution in [1.29, 1.82) is 0 Å². The third-order valence-corrected chi connectivity index (χ3v) is 3.94. The minimum atomic E-state index is -0.237. The molecule has 1 atom stereocenters. The fraction of sp³-hybridized carbons (Fsp3) is 0.200. The van der Waals surface area contributed by atoms with Gasteiger partial charge in [0.05, 0.1) is 5.69 Å². The number of benzene rings is 2. The summed E-state index contributed by atoms with van der Waals surface area (Å²) in [5, 5.41) is 10.1. The second-order valence-corrected chi connectivity index (χ2v) is 6.00. The van der Waals surface area contributed by atoms with E-state index in [2.05, 4.69) is 27.9 Å². The first-order valence-corrected chi connectivity index (χ1v) is 8.43. The van der Waals surface area contributed by atoms with Crippen molar-refractivity contribution in [2.24, 2.45) is 0 Å². The number of hydrogen-bond acceptors (Lipinski definition) is 2. The summed E-state index contributed by atoms with van der Waals surface area (Å²) >= 11 is 0. The van der Waals surface area contributed by atoms with Gasteiger partial charge in [0.2, 0.25) is 0 Å². The number of rotatable bonds is 6. The van der Waals surface area contributed by atoms with E-state index in [1.54, 1.807) is 10.7 Å². The van der Waals surface area contributed by atoms with E-state index in [9.17, 15) is 4.79 Å². The van der Waals surface area contributed by atoms with Crippen molar-refractivity contribution < 1.29 is 4.79 Å². The van der Waals surface area contributed by atoms with Gasteiger partial charge >= 0.3 is 6.03 Å². The maximum absolute atomic E-state index is 12.1. The molecule has 0 radical (unpaired) electrons. The van der Waals surface area contributed by atoms with Crippen molar-refractivity contribution in [2.45, 2.75) is 25.8 Å². The third-order valence-electron chi connectivity index (χ3n) is 3.94. The van der Waals surface area contributed by atoms with Crippen LogP contribution in [0.1, 0.15) is 18.9 Å². The molecule has 128 valence electrons. The lowest BCUT2D eigenvalue weighted by molar-refractivity contribution is 0.248. The number of carbonyl (C=O) groups excluding carboxylic acids is 1. The Balaban J connectivity index is 1.48. The number of aromatic nitrogens is 2. The molecule has 1 aromatic heterocycles. The van der Waals surface area contributed by atoms with Crippen molar-refractivity contribution in [3.8, 4) is 5.69 Å². The number of nitrogens with zero attached hydrogens (tertiary/aromatic N) is 2. The van der Waals surface area contributed by atoms with Gasteiger partial charge in [-0.1, -0.05) is 48.5 Å². The molecule has 2 aromatic carbocycles. The molecule has 2 amide bonds. The number of para-hydroxylation sites is 1. The van der Waals surface area contributed by atoms with Crippen LogP contribution in [-0.2, 0) is 6.42 Å². The minimum Gasteiger partial charge on any atom is -0.335 e. The van der Waals surface area contributed by atoms with Crippen molar-refractivity contribution in [3.63, 3.8) is 0 Å². The summed E-state index contributed by atoms with van der Waals surface area (Å²) in [6, 6.07) is 21.7. The Bertz CT molecular complexity index is 799. The first-order chi connectivity index (χ1) is 12.2. The van der Waals surface area contributed by atoms with E-state index in [0.29, 0.717) is 5.82 Å². The quantitative estimate of drug-likeness (QED) is 0.715. The van der Waals surface area contributed by atoms with Gasteiger partial charge in [-0.05, 0) is 37.5 Å². The monoisotopic (exact) mass is 334 g/mol. The van der Waals surface area contributed by atoms with E-state index in [0.717, 1.165) is 18.5 Å². The van der Waals surface area contributed by atoms with Crippen molar-refractivity contribution in [2.75, 3.05) is 5.32 Å². The van der Waals surface area contributed by atoms with E-state index in [4.69, 9.17) is 0 Å². The summed E-state index contributed by atoms with van der Waals surface area (Å²) < 4.78 is 1.73. The molecule has 0 fully saturated rings. The molecule has 3 aromatic rings. The van der Waals surface area contributed by atoms with Gasteiger partial charge in [0, 0.05) is 18.3 Å². The molecule has 3 rings (SSSR count). The zero-order valence-corrected chi connectivity index (χ0v) is 14.2. The van der Waals surface area contributed by atoms with Crippen LogP contribution < -0.4 is 10.6 Å². The van der Waals surface area contributed by atoms with Gasteiger partial charge < -0.3 is 5.32 Å². The van der Waals surface area contributed by atoms with Gasteiger partial charge in [-0.3, -0.25) is 5.32 Å². The number of carbonyl (C=O) groups is 1. The number of anilines is 1. The van der Waals surface area contributed by atoms with Crippen LogP contribution in [0.4, 0.5) is 10.6 Å². The van der Waals surface area contributed by atoms with Gasteiger partial charge in [0.25, 0.3) is 0 Å². The highest BCUT2D eigenvalue weighted by molar-refractivity contribution is 5.88. The molecule has 5 heteroatoms. The molecule has 1 heterocycles. The number of hydrogen-bond donors (Lipinski definition) is 2. The van der Waals surface area contributed by atoms with Gasteiger partial charge in [0.1, 0.15) is 0 Å². The summed E-state index contributed by atoms with van der Waals surface area (Å²) in [5.74, 6) is 0.525. The van der Waals surface area contributed by atoms with Crippen LogP contribution >= 0.6 is 0 Å².